The predicted octanol–water partition coefficient (Wildman–Crippen LogP) is 5.10. The molecule has 0 fully saturated rings. The first-order chi connectivity index (χ1) is 17.3. The van der Waals surface area contributed by atoms with Gasteiger partial charge in [-0.3, -0.25) is 4.79 Å². The maximum atomic E-state index is 12.7. The van der Waals surface area contributed by atoms with Crippen LogP contribution in [0.5, 0.6) is 5.88 Å². The van der Waals surface area contributed by atoms with Gasteiger partial charge in [-0.2, -0.15) is 10.1 Å². The second-order valence-corrected chi connectivity index (χ2v) is 8.61. The van der Waals surface area contributed by atoms with E-state index in [0.29, 0.717) is 30.2 Å². The van der Waals surface area contributed by atoms with Gasteiger partial charge in [-0.1, -0.05) is 12.1 Å². The Kier molecular flexibility index (Phi) is 7.33. The highest BCUT2D eigenvalue weighted by atomic mass is 16.5. The molecule has 0 aliphatic heterocycles. The Morgan fingerprint density at radius 1 is 1.06 bits per heavy atom. The molecule has 0 unspecified atom stereocenters. The summed E-state index contributed by atoms with van der Waals surface area (Å²) in [4.78, 5) is 29.2. The molecular weight excluding hydrogens is 456 g/mol. The van der Waals surface area contributed by atoms with Gasteiger partial charge < -0.3 is 14.8 Å². The van der Waals surface area contributed by atoms with Gasteiger partial charge in [0.25, 0.3) is 0 Å². The molecule has 186 valence electrons. The lowest BCUT2D eigenvalue weighted by Gasteiger charge is -2.14. The SMILES string of the molecule is CCOc1nc2c(c(C)nn2-c2cccc(C)c2)c(C)c1CCC(=O)Nc1ccc(C(=O)OC)cc1. The number of aryl methyl sites for hydroxylation is 3. The van der Waals surface area contributed by atoms with Gasteiger partial charge in [-0.25, -0.2) is 9.48 Å². The van der Waals surface area contributed by atoms with E-state index >= 15 is 0 Å². The first kappa shape index (κ1) is 24.9. The Balaban J connectivity index is 1.60. The Bertz CT molecular complexity index is 1420. The van der Waals surface area contributed by atoms with Crippen LogP contribution in [0.3, 0.4) is 0 Å². The maximum absolute atomic E-state index is 12.7. The molecule has 0 spiro atoms. The van der Waals surface area contributed by atoms with Gasteiger partial charge in [0.1, 0.15) is 0 Å². The quantitative estimate of drug-likeness (QED) is 0.348. The smallest absolute Gasteiger partial charge is 0.337 e. The number of anilines is 1. The van der Waals surface area contributed by atoms with Gasteiger partial charge in [0, 0.05) is 23.1 Å². The van der Waals surface area contributed by atoms with Gasteiger partial charge in [-0.05, 0) is 81.6 Å². The summed E-state index contributed by atoms with van der Waals surface area (Å²) in [5.74, 6) is -0.0443. The minimum atomic E-state index is -0.421. The van der Waals surface area contributed by atoms with E-state index in [1.807, 2.05) is 50.6 Å². The van der Waals surface area contributed by atoms with E-state index in [9.17, 15) is 9.59 Å². The predicted molar refractivity (Wildman–Crippen MR) is 139 cm³/mol. The fraction of sp³-hybridized carbons (Fsp3) is 0.286. The third-order valence-corrected chi connectivity index (χ3v) is 6.05. The molecule has 8 nitrogen and oxygen atoms in total. The number of nitrogens with one attached hydrogen (secondary N) is 1. The number of fused-ring (bicyclic) bond motifs is 1. The molecule has 0 bridgehead atoms. The zero-order valence-corrected chi connectivity index (χ0v) is 21.2. The minimum Gasteiger partial charge on any atom is -0.478 e. The van der Waals surface area contributed by atoms with E-state index in [-0.39, 0.29) is 12.3 Å². The molecule has 2 aromatic carbocycles. The van der Waals surface area contributed by atoms with Crippen LogP contribution in [0.15, 0.2) is 48.5 Å². The number of rotatable bonds is 8. The molecule has 2 aromatic heterocycles. The van der Waals surface area contributed by atoms with E-state index in [0.717, 1.165) is 39.1 Å². The van der Waals surface area contributed by atoms with Gasteiger partial charge in [0.15, 0.2) is 5.65 Å². The zero-order valence-electron chi connectivity index (χ0n) is 21.2. The van der Waals surface area contributed by atoms with Crippen molar-refractivity contribution in [1.29, 1.82) is 0 Å². The second-order valence-electron chi connectivity index (χ2n) is 8.61. The standard InChI is InChI=1S/C28H30N4O4/c1-6-36-27-23(14-15-24(33)29-21-12-10-20(11-13-21)28(34)35-5)18(3)25-19(4)31-32(26(25)30-27)22-9-7-8-17(2)16-22/h7-13,16H,6,14-15H2,1-5H3,(H,29,33). The number of hydrogen-bond acceptors (Lipinski definition) is 6. The molecule has 0 radical (unpaired) electrons. The summed E-state index contributed by atoms with van der Waals surface area (Å²) in [6, 6.07) is 14.7. The summed E-state index contributed by atoms with van der Waals surface area (Å²) in [5.41, 5.74) is 6.62. The molecule has 1 N–H and O–H groups in total. The average molecular weight is 487 g/mol. The summed E-state index contributed by atoms with van der Waals surface area (Å²) >= 11 is 0. The second kappa shape index (κ2) is 10.6. The van der Waals surface area contributed by atoms with Crippen molar-refractivity contribution in [3.8, 4) is 11.6 Å². The molecule has 2 heterocycles. The third-order valence-electron chi connectivity index (χ3n) is 6.05. The summed E-state index contributed by atoms with van der Waals surface area (Å²) in [6.45, 7) is 8.42. The molecule has 1 amide bonds. The molecule has 0 saturated carbocycles. The lowest BCUT2D eigenvalue weighted by Crippen LogP contribution is -2.14. The zero-order chi connectivity index (χ0) is 25.8. The fourth-order valence-electron chi connectivity index (χ4n) is 4.29. The van der Waals surface area contributed by atoms with Crippen LogP contribution in [0.2, 0.25) is 0 Å². The van der Waals surface area contributed by atoms with Crippen LogP contribution >= 0.6 is 0 Å². The molecule has 36 heavy (non-hydrogen) atoms. The number of hydrogen-bond donors (Lipinski definition) is 1. The first-order valence-electron chi connectivity index (χ1n) is 11.9. The summed E-state index contributed by atoms with van der Waals surface area (Å²) in [7, 11) is 1.33. The van der Waals surface area contributed by atoms with Gasteiger partial charge in [-0.15, -0.1) is 0 Å². The fourth-order valence-corrected chi connectivity index (χ4v) is 4.29. The largest absolute Gasteiger partial charge is 0.478 e. The van der Waals surface area contributed by atoms with Crippen LogP contribution in [0.1, 0.15) is 46.1 Å². The number of esters is 1. The number of methoxy groups -OCH3 is 1. The monoisotopic (exact) mass is 486 g/mol. The first-order valence-corrected chi connectivity index (χ1v) is 11.9. The minimum absolute atomic E-state index is 0.144. The van der Waals surface area contributed by atoms with Crippen LogP contribution in [0.25, 0.3) is 16.7 Å². The number of carbonyl (C=O) groups excluding carboxylic acids is 2. The number of aromatic nitrogens is 3. The van der Waals surface area contributed by atoms with Crippen LogP contribution < -0.4 is 10.1 Å². The Morgan fingerprint density at radius 2 is 1.81 bits per heavy atom. The Morgan fingerprint density at radius 3 is 2.47 bits per heavy atom. The highest BCUT2D eigenvalue weighted by Gasteiger charge is 2.21. The number of carbonyl (C=O) groups is 2. The normalized spacial score (nSPS) is 10.9. The van der Waals surface area contributed by atoms with Crippen LogP contribution in [-0.4, -0.2) is 40.4 Å². The molecule has 8 heteroatoms. The van der Waals surface area contributed by atoms with Crippen molar-refractivity contribution in [2.24, 2.45) is 0 Å². The summed E-state index contributed by atoms with van der Waals surface area (Å²) < 4.78 is 12.5. The molecule has 0 aliphatic rings. The van der Waals surface area contributed by atoms with E-state index in [4.69, 9.17) is 19.6 Å². The van der Waals surface area contributed by atoms with Crippen LogP contribution in [0, 0.1) is 20.8 Å². The number of ether oxygens (including phenoxy) is 2. The highest BCUT2D eigenvalue weighted by Crippen LogP contribution is 2.32. The molecule has 0 saturated heterocycles. The van der Waals surface area contributed by atoms with Crippen molar-refractivity contribution in [2.75, 3.05) is 19.0 Å². The van der Waals surface area contributed by atoms with E-state index < -0.39 is 5.97 Å². The van der Waals surface area contributed by atoms with Gasteiger partial charge in [0.2, 0.25) is 11.8 Å². The molecular formula is C28H30N4O4. The number of benzene rings is 2. The summed E-state index contributed by atoms with van der Waals surface area (Å²) in [6.07, 6.45) is 0.711. The lowest BCUT2D eigenvalue weighted by atomic mass is 10.0. The average Bonchev–Trinajstić information content (AvgIpc) is 3.20. The summed E-state index contributed by atoms with van der Waals surface area (Å²) in [5, 5.41) is 8.61. The molecule has 4 rings (SSSR count). The van der Waals surface area contributed by atoms with Crippen LogP contribution in [-0.2, 0) is 16.0 Å². The van der Waals surface area contributed by atoms with Gasteiger partial charge in [0.05, 0.1) is 30.7 Å². The van der Waals surface area contributed by atoms with Crippen molar-refractivity contribution >= 4 is 28.6 Å². The van der Waals surface area contributed by atoms with Gasteiger partial charge >= 0.3 is 5.97 Å². The highest BCUT2D eigenvalue weighted by molar-refractivity contribution is 5.93. The maximum Gasteiger partial charge on any atom is 0.337 e. The molecule has 0 aliphatic carbocycles. The van der Waals surface area contributed by atoms with E-state index in [1.54, 1.807) is 24.3 Å². The Hall–Kier alpha value is -4.20. The molecule has 4 aromatic rings. The number of amides is 1. The number of pyridine rings is 1. The van der Waals surface area contributed by atoms with Crippen LogP contribution in [0.4, 0.5) is 5.69 Å². The van der Waals surface area contributed by atoms with Crippen molar-refractivity contribution < 1.29 is 19.1 Å². The van der Waals surface area contributed by atoms with Crippen molar-refractivity contribution in [1.82, 2.24) is 14.8 Å². The van der Waals surface area contributed by atoms with Crippen molar-refractivity contribution in [2.45, 2.75) is 40.5 Å². The van der Waals surface area contributed by atoms with E-state index in [1.165, 1.54) is 7.11 Å². The van der Waals surface area contributed by atoms with Crippen molar-refractivity contribution in [3.05, 3.63) is 76.5 Å². The van der Waals surface area contributed by atoms with Crippen molar-refractivity contribution in [3.63, 3.8) is 0 Å². The third kappa shape index (κ3) is 5.07. The molecule has 0 atom stereocenters. The lowest BCUT2D eigenvalue weighted by molar-refractivity contribution is -0.116. The number of nitrogens with zero attached hydrogens (tertiary/aromatic N) is 3. The Labute approximate surface area is 210 Å². The topological polar surface area (TPSA) is 95.3 Å². The van der Waals surface area contributed by atoms with E-state index in [2.05, 4.69) is 11.4 Å².